The number of nitrogens with zero attached hydrogens (tertiary/aromatic N) is 1. The maximum atomic E-state index is 11.0. The van der Waals surface area contributed by atoms with Crippen molar-refractivity contribution >= 4 is 11.4 Å². The maximum absolute atomic E-state index is 11.0. The molecule has 2 aromatic carbocycles. The van der Waals surface area contributed by atoms with E-state index in [4.69, 9.17) is 19.9 Å². The highest BCUT2D eigenvalue weighted by atomic mass is 16.6. The first-order valence-electron chi connectivity index (χ1n) is 6.54. The SMILES string of the molecule is COc1cc(N)c(OCCOc2ccccc2)cc1[N+](=O)[O-]. The van der Waals surface area contributed by atoms with Crippen molar-refractivity contribution < 1.29 is 19.1 Å². The Bertz CT molecular complexity index is 646. The molecule has 0 unspecified atom stereocenters. The van der Waals surface area contributed by atoms with Crippen LogP contribution in [0.2, 0.25) is 0 Å². The van der Waals surface area contributed by atoms with Gasteiger partial charge in [0.05, 0.1) is 23.8 Å². The highest BCUT2D eigenvalue weighted by Gasteiger charge is 2.18. The minimum Gasteiger partial charge on any atom is -0.490 e. The molecule has 0 atom stereocenters. The number of para-hydroxylation sites is 1. The predicted molar refractivity (Wildman–Crippen MR) is 81.5 cm³/mol. The van der Waals surface area contributed by atoms with E-state index in [9.17, 15) is 10.1 Å². The highest BCUT2D eigenvalue weighted by Crippen LogP contribution is 2.35. The van der Waals surface area contributed by atoms with Crippen LogP contribution in [-0.4, -0.2) is 25.2 Å². The fraction of sp³-hybridized carbons (Fsp3) is 0.200. The van der Waals surface area contributed by atoms with Crippen LogP contribution in [0.25, 0.3) is 0 Å². The smallest absolute Gasteiger partial charge is 0.314 e. The standard InChI is InChI=1S/C15H16N2O5/c1-20-15-9-12(16)14(10-13(15)17(18)19)22-8-7-21-11-5-3-2-4-6-11/h2-6,9-10H,7-8,16H2,1H3. The Labute approximate surface area is 127 Å². The van der Waals surface area contributed by atoms with E-state index in [0.29, 0.717) is 6.61 Å². The summed E-state index contributed by atoms with van der Waals surface area (Å²) in [7, 11) is 1.34. The van der Waals surface area contributed by atoms with Gasteiger partial charge in [0.25, 0.3) is 0 Å². The molecule has 0 aliphatic heterocycles. The first-order chi connectivity index (χ1) is 10.6. The summed E-state index contributed by atoms with van der Waals surface area (Å²) in [6.45, 7) is 0.506. The molecule has 0 aromatic heterocycles. The molecule has 2 rings (SSSR count). The molecule has 7 nitrogen and oxygen atoms in total. The number of rotatable bonds is 7. The molecule has 0 bridgehead atoms. The quantitative estimate of drug-likeness (QED) is 0.365. The lowest BCUT2D eigenvalue weighted by molar-refractivity contribution is -0.385. The van der Waals surface area contributed by atoms with E-state index in [2.05, 4.69) is 0 Å². The number of methoxy groups -OCH3 is 1. The van der Waals surface area contributed by atoms with E-state index in [-0.39, 0.29) is 29.5 Å². The van der Waals surface area contributed by atoms with Crippen LogP contribution in [0.15, 0.2) is 42.5 Å². The van der Waals surface area contributed by atoms with E-state index in [1.54, 1.807) is 0 Å². The molecular weight excluding hydrogens is 288 g/mol. The lowest BCUT2D eigenvalue weighted by Crippen LogP contribution is -2.10. The van der Waals surface area contributed by atoms with Gasteiger partial charge in [0, 0.05) is 6.07 Å². The minimum absolute atomic E-state index is 0.0929. The zero-order valence-electron chi connectivity index (χ0n) is 12.0. The number of nitro groups is 1. The van der Waals surface area contributed by atoms with Crippen molar-refractivity contribution in [3.05, 3.63) is 52.6 Å². The van der Waals surface area contributed by atoms with Gasteiger partial charge in [-0.3, -0.25) is 10.1 Å². The van der Waals surface area contributed by atoms with Crippen molar-refractivity contribution in [2.24, 2.45) is 0 Å². The van der Waals surface area contributed by atoms with E-state index < -0.39 is 4.92 Å². The van der Waals surface area contributed by atoms with Gasteiger partial charge in [-0.1, -0.05) is 18.2 Å². The third-order valence-corrected chi connectivity index (χ3v) is 2.86. The summed E-state index contributed by atoms with van der Waals surface area (Å²) in [4.78, 5) is 10.4. The third-order valence-electron chi connectivity index (χ3n) is 2.86. The average Bonchev–Trinajstić information content (AvgIpc) is 2.53. The lowest BCUT2D eigenvalue weighted by Gasteiger charge is -2.11. The predicted octanol–water partition coefficient (Wildman–Crippen LogP) is 2.64. The highest BCUT2D eigenvalue weighted by molar-refractivity contribution is 5.64. The van der Waals surface area contributed by atoms with Gasteiger partial charge in [-0.05, 0) is 12.1 Å². The van der Waals surface area contributed by atoms with Gasteiger partial charge in [-0.15, -0.1) is 0 Å². The third kappa shape index (κ3) is 3.78. The van der Waals surface area contributed by atoms with Gasteiger partial charge < -0.3 is 19.9 Å². The van der Waals surface area contributed by atoms with Gasteiger partial charge in [-0.2, -0.15) is 0 Å². The zero-order valence-corrected chi connectivity index (χ0v) is 12.0. The molecule has 22 heavy (non-hydrogen) atoms. The number of hydrogen-bond donors (Lipinski definition) is 1. The molecule has 0 aliphatic rings. The van der Waals surface area contributed by atoms with Crippen molar-refractivity contribution in [1.29, 1.82) is 0 Å². The zero-order chi connectivity index (χ0) is 15.9. The van der Waals surface area contributed by atoms with Gasteiger partial charge in [-0.25, -0.2) is 0 Å². The van der Waals surface area contributed by atoms with Crippen LogP contribution in [0, 0.1) is 10.1 Å². The van der Waals surface area contributed by atoms with E-state index in [1.165, 1.54) is 19.2 Å². The number of anilines is 1. The lowest BCUT2D eigenvalue weighted by atomic mass is 10.2. The van der Waals surface area contributed by atoms with E-state index >= 15 is 0 Å². The molecule has 0 aliphatic carbocycles. The summed E-state index contributed by atoms with van der Waals surface area (Å²) < 4.78 is 15.8. The molecule has 7 heteroatoms. The number of hydrogen-bond acceptors (Lipinski definition) is 6. The number of nitrogens with two attached hydrogens (primary N) is 1. The molecule has 0 radical (unpaired) electrons. The first-order valence-corrected chi connectivity index (χ1v) is 6.54. The van der Waals surface area contributed by atoms with E-state index in [0.717, 1.165) is 5.75 Å². The van der Waals surface area contributed by atoms with Crippen molar-refractivity contribution in [3.63, 3.8) is 0 Å². The Morgan fingerprint density at radius 2 is 1.77 bits per heavy atom. The maximum Gasteiger partial charge on any atom is 0.314 e. The van der Waals surface area contributed by atoms with Crippen LogP contribution in [0.3, 0.4) is 0 Å². The van der Waals surface area contributed by atoms with Crippen molar-refractivity contribution in [1.82, 2.24) is 0 Å². The van der Waals surface area contributed by atoms with Crippen LogP contribution in [0.4, 0.5) is 11.4 Å². The van der Waals surface area contributed by atoms with Gasteiger partial charge in [0.2, 0.25) is 0 Å². The number of nitrogen functional groups attached to an aromatic ring is 1. The summed E-state index contributed by atoms with van der Waals surface area (Å²) in [5, 5.41) is 11.0. The minimum atomic E-state index is -0.550. The van der Waals surface area contributed by atoms with Crippen LogP contribution < -0.4 is 19.9 Å². The second-order valence-corrected chi connectivity index (χ2v) is 4.33. The summed E-state index contributed by atoms with van der Waals surface area (Å²) in [5.41, 5.74) is 5.86. The molecule has 0 saturated heterocycles. The monoisotopic (exact) mass is 304 g/mol. The summed E-state index contributed by atoms with van der Waals surface area (Å²) in [6.07, 6.45) is 0. The van der Waals surface area contributed by atoms with Gasteiger partial charge in [0.15, 0.2) is 5.75 Å². The summed E-state index contributed by atoms with van der Waals surface area (Å²) in [6, 6.07) is 11.9. The normalized spacial score (nSPS) is 10.0. The Morgan fingerprint density at radius 1 is 1.09 bits per heavy atom. The van der Waals surface area contributed by atoms with Crippen molar-refractivity contribution in [3.8, 4) is 17.2 Å². The van der Waals surface area contributed by atoms with Crippen LogP contribution in [0.1, 0.15) is 0 Å². The second-order valence-electron chi connectivity index (χ2n) is 4.33. The Kier molecular flexibility index (Phi) is 5.02. The molecule has 0 spiro atoms. The van der Waals surface area contributed by atoms with Crippen molar-refractivity contribution in [2.75, 3.05) is 26.1 Å². The van der Waals surface area contributed by atoms with Crippen LogP contribution >= 0.6 is 0 Å². The Morgan fingerprint density at radius 3 is 2.41 bits per heavy atom. The van der Waals surface area contributed by atoms with Gasteiger partial charge >= 0.3 is 5.69 Å². The summed E-state index contributed by atoms with van der Waals surface area (Å²) in [5.74, 6) is 1.04. The fourth-order valence-corrected chi connectivity index (χ4v) is 1.82. The topological polar surface area (TPSA) is 96.9 Å². The number of benzene rings is 2. The second kappa shape index (κ2) is 7.16. The number of ether oxygens (including phenoxy) is 3. The fourth-order valence-electron chi connectivity index (χ4n) is 1.82. The largest absolute Gasteiger partial charge is 0.490 e. The first kappa shape index (κ1) is 15.4. The van der Waals surface area contributed by atoms with E-state index in [1.807, 2.05) is 30.3 Å². The Hall–Kier alpha value is -2.96. The molecule has 116 valence electrons. The molecular formula is C15H16N2O5. The molecule has 0 amide bonds. The van der Waals surface area contributed by atoms with Crippen molar-refractivity contribution in [2.45, 2.75) is 0 Å². The number of nitro benzene ring substituents is 1. The molecule has 2 aromatic rings. The molecule has 2 N–H and O–H groups in total. The molecule has 0 saturated carbocycles. The Balaban J connectivity index is 1.97. The van der Waals surface area contributed by atoms with Crippen LogP contribution in [0.5, 0.6) is 17.2 Å². The average molecular weight is 304 g/mol. The summed E-state index contributed by atoms with van der Waals surface area (Å²) >= 11 is 0. The molecule has 0 fully saturated rings. The molecule has 0 heterocycles. The van der Waals surface area contributed by atoms with Crippen LogP contribution in [-0.2, 0) is 0 Å². The van der Waals surface area contributed by atoms with Gasteiger partial charge in [0.1, 0.15) is 24.7 Å².